The van der Waals surface area contributed by atoms with Gasteiger partial charge in [0, 0.05) is 12.8 Å². The fourth-order valence-corrected chi connectivity index (χ4v) is 0.818. The molecule has 0 aliphatic heterocycles. The number of ketones is 1. The minimum atomic E-state index is 0.187. The van der Waals surface area contributed by atoms with E-state index in [0.717, 1.165) is 18.4 Å². The second-order valence-electron chi connectivity index (χ2n) is 2.96. The van der Waals surface area contributed by atoms with E-state index in [4.69, 9.17) is 5.26 Å². The predicted molar refractivity (Wildman–Crippen MR) is 53.0 cm³/mol. The van der Waals surface area contributed by atoms with Crippen LogP contribution in [0.15, 0.2) is 24.3 Å². The van der Waals surface area contributed by atoms with Gasteiger partial charge in [-0.1, -0.05) is 24.3 Å². The fourth-order valence-electron chi connectivity index (χ4n) is 0.818. The highest BCUT2D eigenvalue weighted by atomic mass is 16.1. The lowest BCUT2D eigenvalue weighted by Crippen LogP contribution is -1.89. The Hall–Kier alpha value is -1.36. The van der Waals surface area contributed by atoms with Gasteiger partial charge in [-0.3, -0.25) is 0 Å². The quantitative estimate of drug-likeness (QED) is 0.462. The molecule has 0 bridgehead atoms. The van der Waals surface area contributed by atoms with E-state index in [1.165, 1.54) is 0 Å². The zero-order chi connectivity index (χ0) is 10.1. The third-order valence-corrected chi connectivity index (χ3v) is 1.57. The van der Waals surface area contributed by atoms with Crippen molar-refractivity contribution in [2.45, 2.75) is 32.6 Å². The number of rotatable bonds is 6. The molecule has 0 spiro atoms. The first-order chi connectivity index (χ1) is 6.16. The topological polar surface area (TPSA) is 40.9 Å². The van der Waals surface area contributed by atoms with Gasteiger partial charge in [-0.05, 0) is 19.8 Å². The van der Waals surface area contributed by atoms with Crippen molar-refractivity contribution in [1.82, 2.24) is 0 Å². The molecule has 0 rings (SSSR count). The van der Waals surface area contributed by atoms with Crippen LogP contribution in [0.25, 0.3) is 0 Å². The van der Waals surface area contributed by atoms with E-state index in [-0.39, 0.29) is 5.78 Å². The van der Waals surface area contributed by atoms with Crippen molar-refractivity contribution in [3.05, 3.63) is 24.3 Å². The summed E-state index contributed by atoms with van der Waals surface area (Å²) in [4.78, 5) is 10.6. The van der Waals surface area contributed by atoms with Crippen LogP contribution in [0.4, 0.5) is 0 Å². The summed E-state index contributed by atoms with van der Waals surface area (Å²) in [5, 5.41) is 8.26. The lowest BCUT2D eigenvalue weighted by atomic mass is 10.1. The molecule has 70 valence electrons. The molecule has 0 amide bonds. The van der Waals surface area contributed by atoms with Crippen LogP contribution < -0.4 is 0 Å². The van der Waals surface area contributed by atoms with E-state index in [2.05, 4.69) is 12.6 Å². The minimum Gasteiger partial charge on any atom is -0.300 e. The molecule has 0 fully saturated rings. The smallest absolute Gasteiger partial charge is 0.130 e. The lowest BCUT2D eigenvalue weighted by Gasteiger charge is -1.95. The van der Waals surface area contributed by atoms with E-state index in [0.29, 0.717) is 12.8 Å². The van der Waals surface area contributed by atoms with Crippen molar-refractivity contribution in [1.29, 1.82) is 5.26 Å². The second kappa shape index (κ2) is 7.30. The number of hydrogen-bond acceptors (Lipinski definition) is 2. The minimum absolute atomic E-state index is 0.187. The predicted octanol–water partition coefficient (Wildman–Crippen LogP) is 2.77. The van der Waals surface area contributed by atoms with Crippen molar-refractivity contribution in [2.24, 2.45) is 0 Å². The van der Waals surface area contributed by atoms with Crippen LogP contribution in [0.5, 0.6) is 0 Å². The summed E-state index contributed by atoms with van der Waals surface area (Å²) in [5.41, 5.74) is 0.952. The van der Waals surface area contributed by atoms with Crippen LogP contribution in [-0.2, 0) is 4.79 Å². The Balaban J connectivity index is 3.56. The fraction of sp³-hybridized carbons (Fsp3) is 0.455. The maximum atomic E-state index is 10.6. The molecule has 13 heavy (non-hydrogen) atoms. The van der Waals surface area contributed by atoms with E-state index < -0.39 is 0 Å². The van der Waals surface area contributed by atoms with Crippen molar-refractivity contribution in [3.8, 4) is 6.07 Å². The van der Waals surface area contributed by atoms with Gasteiger partial charge in [0.05, 0.1) is 6.07 Å². The highest BCUT2D eigenvalue weighted by Gasteiger charge is 1.93. The Bertz CT molecular complexity index is 245. The number of unbranched alkanes of at least 4 members (excludes halogenated alkanes) is 1. The highest BCUT2D eigenvalue weighted by Crippen LogP contribution is 2.05. The Labute approximate surface area is 79.6 Å². The number of hydrogen-bond donors (Lipinski definition) is 0. The number of nitrogens with zero attached hydrogens (tertiary/aromatic N) is 1. The molecular weight excluding hydrogens is 162 g/mol. The number of Topliss-reactive ketones (excluding diaryl/α,β-unsaturated/α-hetero) is 1. The van der Waals surface area contributed by atoms with Crippen LogP contribution in [0.1, 0.15) is 32.6 Å². The van der Waals surface area contributed by atoms with Gasteiger partial charge in [0.1, 0.15) is 5.78 Å². The third kappa shape index (κ3) is 8.55. The average Bonchev–Trinajstić information content (AvgIpc) is 2.09. The molecule has 0 heterocycles. The molecule has 0 aliphatic carbocycles. The highest BCUT2D eigenvalue weighted by molar-refractivity contribution is 5.75. The summed E-state index contributed by atoms with van der Waals surface area (Å²) in [5.74, 6) is 0.187. The molecular formula is C11H15NO. The monoisotopic (exact) mass is 177 g/mol. The SMILES string of the molecule is C=C(/C=C/CCC#N)CCC(C)=O. The van der Waals surface area contributed by atoms with Crippen molar-refractivity contribution in [3.63, 3.8) is 0 Å². The van der Waals surface area contributed by atoms with Crippen molar-refractivity contribution < 1.29 is 4.79 Å². The van der Waals surface area contributed by atoms with Crippen LogP contribution in [0.3, 0.4) is 0 Å². The molecule has 2 heteroatoms. The molecule has 0 aromatic rings. The standard InChI is InChI=1S/C11H15NO/c1-10(7-8-11(2)13)6-4-3-5-9-12/h4,6H,1,3,5,7-8H2,2H3/b6-4+. The van der Waals surface area contributed by atoms with Gasteiger partial charge >= 0.3 is 0 Å². The van der Waals surface area contributed by atoms with Gasteiger partial charge in [-0.2, -0.15) is 5.26 Å². The summed E-state index contributed by atoms with van der Waals surface area (Å²) < 4.78 is 0. The molecule has 0 saturated carbocycles. The van der Waals surface area contributed by atoms with Crippen LogP contribution in [0, 0.1) is 11.3 Å². The average molecular weight is 177 g/mol. The number of carbonyl (C=O) groups excluding carboxylic acids is 1. The molecule has 2 nitrogen and oxygen atoms in total. The summed E-state index contributed by atoms with van der Waals surface area (Å²) in [6.45, 7) is 5.38. The molecule has 0 radical (unpaired) electrons. The number of allylic oxidation sites excluding steroid dienone is 3. The van der Waals surface area contributed by atoms with Crippen LogP contribution >= 0.6 is 0 Å². The Morgan fingerprint density at radius 3 is 2.77 bits per heavy atom. The summed E-state index contributed by atoms with van der Waals surface area (Å²) in [7, 11) is 0. The summed E-state index contributed by atoms with van der Waals surface area (Å²) in [6, 6.07) is 2.06. The summed E-state index contributed by atoms with van der Waals surface area (Å²) >= 11 is 0. The number of carbonyl (C=O) groups is 1. The van der Waals surface area contributed by atoms with Gasteiger partial charge in [0.2, 0.25) is 0 Å². The Morgan fingerprint density at radius 1 is 1.54 bits per heavy atom. The molecule has 0 aromatic heterocycles. The van der Waals surface area contributed by atoms with Gasteiger partial charge in [0.25, 0.3) is 0 Å². The largest absolute Gasteiger partial charge is 0.300 e. The van der Waals surface area contributed by atoms with Crippen molar-refractivity contribution in [2.75, 3.05) is 0 Å². The Morgan fingerprint density at radius 2 is 2.23 bits per heavy atom. The normalized spacial score (nSPS) is 9.85. The van der Waals surface area contributed by atoms with E-state index in [1.54, 1.807) is 6.92 Å². The summed E-state index contributed by atoms with van der Waals surface area (Å²) in [6.07, 6.45) is 6.39. The molecule has 0 aromatic carbocycles. The van der Waals surface area contributed by atoms with Gasteiger partial charge < -0.3 is 4.79 Å². The van der Waals surface area contributed by atoms with Gasteiger partial charge in [-0.25, -0.2) is 0 Å². The zero-order valence-corrected chi connectivity index (χ0v) is 8.05. The molecule has 0 saturated heterocycles. The first-order valence-electron chi connectivity index (χ1n) is 4.37. The maximum Gasteiger partial charge on any atom is 0.130 e. The maximum absolute atomic E-state index is 10.6. The molecule has 0 N–H and O–H groups in total. The van der Waals surface area contributed by atoms with Crippen LogP contribution in [0.2, 0.25) is 0 Å². The number of nitriles is 1. The second-order valence-corrected chi connectivity index (χ2v) is 2.96. The van der Waals surface area contributed by atoms with Gasteiger partial charge in [-0.15, -0.1) is 0 Å². The van der Waals surface area contributed by atoms with Gasteiger partial charge in [0.15, 0.2) is 0 Å². The molecule has 0 atom stereocenters. The molecule has 0 aliphatic rings. The zero-order valence-electron chi connectivity index (χ0n) is 8.05. The third-order valence-electron chi connectivity index (χ3n) is 1.57. The lowest BCUT2D eigenvalue weighted by molar-refractivity contribution is -0.116. The van der Waals surface area contributed by atoms with Crippen molar-refractivity contribution >= 4 is 5.78 Å². The van der Waals surface area contributed by atoms with E-state index in [1.807, 2.05) is 12.2 Å². The molecule has 0 unspecified atom stereocenters. The van der Waals surface area contributed by atoms with E-state index in [9.17, 15) is 4.79 Å². The van der Waals surface area contributed by atoms with E-state index >= 15 is 0 Å². The first kappa shape index (κ1) is 11.6. The Kier molecular flexibility index (Phi) is 6.53. The first-order valence-corrected chi connectivity index (χ1v) is 4.37. The van der Waals surface area contributed by atoms with Crippen LogP contribution in [-0.4, -0.2) is 5.78 Å².